The Labute approximate surface area is 226 Å². The van der Waals surface area contributed by atoms with E-state index in [1.165, 1.54) is 17.0 Å². The molecule has 0 spiro atoms. The lowest BCUT2D eigenvalue weighted by molar-refractivity contribution is -0.116. The number of ether oxygens (including phenoxy) is 2. The molecule has 1 N–H and O–H groups in total. The Kier molecular flexibility index (Phi) is 7.06. The van der Waals surface area contributed by atoms with E-state index in [1.54, 1.807) is 39.5 Å². The Morgan fingerprint density at radius 2 is 1.59 bits per heavy atom. The number of hydrogen-bond acceptors (Lipinski definition) is 5. The number of carbonyl (C=O) groups excluding carboxylic acids is 2. The minimum Gasteiger partial charge on any atom is -0.497 e. The minimum absolute atomic E-state index is 0.134. The van der Waals surface area contributed by atoms with Gasteiger partial charge in [0.1, 0.15) is 29.7 Å². The first kappa shape index (κ1) is 26.0. The third-order valence-corrected chi connectivity index (χ3v) is 6.85. The SMILES string of the molecule is COc1cc(CN2CC(=O)Nc3c(cc(Cn4ccnc4C)cc3-c3ccc(F)cc3C)C2=O)cc(OC)c1. The molecule has 2 heterocycles. The van der Waals surface area contributed by atoms with Crippen LogP contribution in [0.25, 0.3) is 11.1 Å². The van der Waals surface area contributed by atoms with Gasteiger partial charge in [-0.25, -0.2) is 9.37 Å². The van der Waals surface area contributed by atoms with Gasteiger partial charge in [0.2, 0.25) is 5.91 Å². The van der Waals surface area contributed by atoms with Crippen LogP contribution in [-0.4, -0.2) is 47.0 Å². The van der Waals surface area contributed by atoms with Gasteiger partial charge in [0, 0.05) is 37.1 Å². The number of methoxy groups -OCH3 is 2. The van der Waals surface area contributed by atoms with E-state index in [1.807, 2.05) is 42.0 Å². The number of imidazole rings is 1. The molecule has 0 bridgehead atoms. The highest BCUT2D eigenvalue weighted by Crippen LogP contribution is 2.37. The summed E-state index contributed by atoms with van der Waals surface area (Å²) in [4.78, 5) is 33.0. The third kappa shape index (κ3) is 5.34. The molecule has 2 amide bonds. The first-order valence-corrected chi connectivity index (χ1v) is 12.5. The summed E-state index contributed by atoms with van der Waals surface area (Å²) in [6, 6.07) is 13.6. The molecule has 1 aromatic heterocycles. The van der Waals surface area contributed by atoms with Gasteiger partial charge in [-0.15, -0.1) is 0 Å². The van der Waals surface area contributed by atoms with Crippen LogP contribution in [0.3, 0.4) is 0 Å². The molecule has 1 aliphatic heterocycles. The van der Waals surface area contributed by atoms with Crippen LogP contribution in [0.1, 0.15) is 32.9 Å². The van der Waals surface area contributed by atoms with Gasteiger partial charge in [-0.05, 0) is 72.5 Å². The van der Waals surface area contributed by atoms with E-state index in [0.717, 1.165) is 22.5 Å². The number of halogens is 1. The number of nitrogens with zero attached hydrogens (tertiary/aromatic N) is 3. The van der Waals surface area contributed by atoms with Gasteiger partial charge in [-0.3, -0.25) is 9.59 Å². The van der Waals surface area contributed by atoms with Crippen LogP contribution in [0.5, 0.6) is 11.5 Å². The lowest BCUT2D eigenvalue weighted by Gasteiger charge is -2.21. The molecular weight excluding hydrogens is 499 g/mol. The van der Waals surface area contributed by atoms with Crippen LogP contribution in [0, 0.1) is 19.7 Å². The molecule has 0 aliphatic carbocycles. The summed E-state index contributed by atoms with van der Waals surface area (Å²) in [5, 5.41) is 2.96. The fraction of sp³-hybridized carbons (Fsp3) is 0.233. The van der Waals surface area contributed by atoms with Crippen LogP contribution in [-0.2, 0) is 17.9 Å². The quantitative estimate of drug-likeness (QED) is 0.366. The fourth-order valence-corrected chi connectivity index (χ4v) is 4.91. The van der Waals surface area contributed by atoms with Crippen molar-refractivity contribution in [3.8, 4) is 22.6 Å². The number of nitrogens with one attached hydrogen (secondary N) is 1. The third-order valence-electron chi connectivity index (χ3n) is 6.85. The fourth-order valence-electron chi connectivity index (χ4n) is 4.91. The highest BCUT2D eigenvalue weighted by atomic mass is 19.1. The van der Waals surface area contributed by atoms with Gasteiger partial charge in [0.15, 0.2) is 0 Å². The molecule has 200 valence electrons. The van der Waals surface area contributed by atoms with Crippen molar-refractivity contribution in [2.75, 3.05) is 26.1 Å². The normalized spacial score (nSPS) is 13.1. The highest BCUT2D eigenvalue weighted by Gasteiger charge is 2.30. The molecule has 0 radical (unpaired) electrons. The number of aromatic nitrogens is 2. The predicted octanol–water partition coefficient (Wildman–Crippen LogP) is 4.97. The molecule has 0 fully saturated rings. The second-order valence-electron chi connectivity index (χ2n) is 9.56. The summed E-state index contributed by atoms with van der Waals surface area (Å²) in [7, 11) is 3.11. The number of hydrogen-bond donors (Lipinski definition) is 1. The predicted molar refractivity (Wildman–Crippen MR) is 146 cm³/mol. The van der Waals surface area contributed by atoms with Crippen molar-refractivity contribution in [1.29, 1.82) is 0 Å². The average Bonchev–Trinajstić information content (AvgIpc) is 3.27. The number of amides is 2. The minimum atomic E-state index is -0.354. The van der Waals surface area contributed by atoms with E-state index in [2.05, 4.69) is 10.3 Å². The van der Waals surface area contributed by atoms with E-state index in [4.69, 9.17) is 9.47 Å². The molecule has 1 aliphatic rings. The van der Waals surface area contributed by atoms with Crippen molar-refractivity contribution in [1.82, 2.24) is 14.5 Å². The van der Waals surface area contributed by atoms with Crippen LogP contribution in [0.15, 0.2) is 60.9 Å². The lowest BCUT2D eigenvalue weighted by atomic mass is 9.93. The van der Waals surface area contributed by atoms with Crippen LogP contribution in [0.4, 0.5) is 10.1 Å². The summed E-state index contributed by atoms with van der Waals surface area (Å²) < 4.78 is 26.7. The Bertz CT molecular complexity index is 1560. The molecule has 9 heteroatoms. The van der Waals surface area contributed by atoms with Gasteiger partial charge in [-0.1, -0.05) is 6.07 Å². The number of carbonyl (C=O) groups is 2. The largest absolute Gasteiger partial charge is 0.497 e. The van der Waals surface area contributed by atoms with Crippen LogP contribution < -0.4 is 14.8 Å². The molecular formula is C30H29FN4O4. The van der Waals surface area contributed by atoms with Crippen molar-refractivity contribution in [2.24, 2.45) is 0 Å². The summed E-state index contributed by atoms with van der Waals surface area (Å²) in [6.07, 6.45) is 3.59. The van der Waals surface area contributed by atoms with Gasteiger partial charge >= 0.3 is 0 Å². The van der Waals surface area contributed by atoms with Gasteiger partial charge < -0.3 is 24.3 Å². The van der Waals surface area contributed by atoms with Gasteiger partial charge in [0.05, 0.1) is 25.5 Å². The van der Waals surface area contributed by atoms with Crippen LogP contribution in [0.2, 0.25) is 0 Å². The molecule has 4 aromatic rings. The first-order chi connectivity index (χ1) is 18.7. The van der Waals surface area contributed by atoms with E-state index in [9.17, 15) is 14.0 Å². The monoisotopic (exact) mass is 528 g/mol. The van der Waals surface area contributed by atoms with E-state index >= 15 is 0 Å². The maximum Gasteiger partial charge on any atom is 0.256 e. The van der Waals surface area contributed by atoms with Crippen molar-refractivity contribution in [3.05, 3.63) is 94.8 Å². The van der Waals surface area contributed by atoms with Crippen molar-refractivity contribution < 1.29 is 23.5 Å². The van der Waals surface area contributed by atoms with Crippen molar-refractivity contribution >= 4 is 17.5 Å². The second kappa shape index (κ2) is 10.6. The first-order valence-electron chi connectivity index (χ1n) is 12.5. The number of rotatable bonds is 7. The second-order valence-corrected chi connectivity index (χ2v) is 9.56. The molecule has 3 aromatic carbocycles. The Morgan fingerprint density at radius 1 is 0.897 bits per heavy atom. The molecule has 5 rings (SSSR count). The Balaban J connectivity index is 1.62. The smallest absolute Gasteiger partial charge is 0.256 e. The average molecular weight is 529 g/mol. The zero-order valence-corrected chi connectivity index (χ0v) is 22.2. The number of anilines is 1. The maximum atomic E-state index is 14.0. The Hall–Kier alpha value is -4.66. The van der Waals surface area contributed by atoms with E-state index in [0.29, 0.717) is 40.4 Å². The van der Waals surface area contributed by atoms with Crippen molar-refractivity contribution in [3.63, 3.8) is 0 Å². The summed E-state index contributed by atoms with van der Waals surface area (Å²) >= 11 is 0. The summed E-state index contributed by atoms with van der Waals surface area (Å²) in [5.41, 5.74) is 4.47. The zero-order valence-electron chi connectivity index (χ0n) is 22.2. The molecule has 0 saturated carbocycles. The van der Waals surface area contributed by atoms with E-state index in [-0.39, 0.29) is 30.7 Å². The molecule has 0 unspecified atom stereocenters. The van der Waals surface area contributed by atoms with Gasteiger partial charge in [0.25, 0.3) is 5.91 Å². The van der Waals surface area contributed by atoms with Gasteiger partial charge in [-0.2, -0.15) is 0 Å². The zero-order chi connectivity index (χ0) is 27.7. The summed E-state index contributed by atoms with van der Waals surface area (Å²) in [6.45, 7) is 4.23. The Morgan fingerprint density at radius 3 is 2.23 bits per heavy atom. The number of benzene rings is 3. The van der Waals surface area contributed by atoms with Crippen LogP contribution >= 0.6 is 0 Å². The van der Waals surface area contributed by atoms with Crippen molar-refractivity contribution in [2.45, 2.75) is 26.9 Å². The number of aryl methyl sites for hydroxylation is 2. The topological polar surface area (TPSA) is 85.7 Å². The standard InChI is InChI=1S/C30H29FN4O4/c1-18-9-22(31)5-6-25(18)26-12-21(15-34-8-7-32-19(34)2)13-27-29(26)33-28(36)17-35(30(27)37)16-20-10-23(38-3)14-24(11-20)39-4/h5-14H,15-17H2,1-4H3,(H,33,36). The molecule has 39 heavy (non-hydrogen) atoms. The highest BCUT2D eigenvalue weighted by molar-refractivity contribution is 6.12. The number of fused-ring (bicyclic) bond motifs is 1. The summed E-state index contributed by atoms with van der Waals surface area (Å²) in [5.74, 6) is 1.03. The van der Waals surface area contributed by atoms with E-state index < -0.39 is 0 Å². The lowest BCUT2D eigenvalue weighted by Crippen LogP contribution is -2.34. The maximum absolute atomic E-state index is 14.0. The molecule has 0 atom stereocenters. The molecule has 8 nitrogen and oxygen atoms in total. The molecule has 0 saturated heterocycles.